The first-order valence-electron chi connectivity index (χ1n) is 5.12. The van der Waals surface area contributed by atoms with Crippen LogP contribution in [0, 0.1) is 5.82 Å². The van der Waals surface area contributed by atoms with Crippen molar-refractivity contribution in [3.8, 4) is 0 Å². The molecular weight excluding hydrogens is 197 g/mol. The van der Waals surface area contributed by atoms with Crippen LogP contribution in [0.15, 0.2) is 18.5 Å². The summed E-state index contributed by atoms with van der Waals surface area (Å²) in [6.45, 7) is 1.10. The van der Waals surface area contributed by atoms with Crippen LogP contribution in [0.3, 0.4) is 0 Å². The molecule has 0 saturated carbocycles. The molecule has 0 aromatic carbocycles. The Bertz CT molecular complexity index is 335. The zero-order valence-electron chi connectivity index (χ0n) is 8.45. The minimum absolute atomic E-state index is 0.336. The number of rotatable bonds is 1. The maximum absolute atomic E-state index is 13.5. The van der Waals surface area contributed by atoms with Gasteiger partial charge in [0.2, 0.25) is 0 Å². The Kier molecular flexibility index (Phi) is 2.98. The summed E-state index contributed by atoms with van der Waals surface area (Å²) < 4.78 is 18.7. The van der Waals surface area contributed by atoms with Gasteiger partial charge in [-0.3, -0.25) is 4.98 Å². The second-order valence-corrected chi connectivity index (χ2v) is 3.85. The largest absolute Gasteiger partial charge is 0.385 e. The smallest absolute Gasteiger partial charge is 0.147 e. The van der Waals surface area contributed by atoms with Gasteiger partial charge in [0.25, 0.3) is 0 Å². The number of nitrogens with zero attached hydrogens (tertiary/aromatic N) is 1. The van der Waals surface area contributed by atoms with Gasteiger partial charge in [0.1, 0.15) is 5.82 Å². The van der Waals surface area contributed by atoms with Crippen molar-refractivity contribution >= 4 is 0 Å². The van der Waals surface area contributed by atoms with Gasteiger partial charge in [0.15, 0.2) is 0 Å². The molecule has 1 unspecified atom stereocenters. The summed E-state index contributed by atoms with van der Waals surface area (Å²) in [5, 5.41) is 10.4. The lowest BCUT2D eigenvalue weighted by atomic mass is 9.87. The summed E-state index contributed by atoms with van der Waals surface area (Å²) in [6, 6.07) is 1.54. The molecule has 1 N–H and O–H groups in total. The second kappa shape index (κ2) is 4.24. The van der Waals surface area contributed by atoms with E-state index in [-0.39, 0.29) is 0 Å². The molecule has 2 rings (SSSR count). The maximum atomic E-state index is 13.5. The molecule has 3 nitrogen and oxygen atoms in total. The number of hydrogen-bond acceptors (Lipinski definition) is 3. The van der Waals surface area contributed by atoms with E-state index in [0.29, 0.717) is 31.6 Å². The molecule has 0 bridgehead atoms. The Morgan fingerprint density at radius 2 is 2.27 bits per heavy atom. The SMILES string of the molecule is OC1(c2ccncc2F)CCCOCC1. The van der Waals surface area contributed by atoms with E-state index in [9.17, 15) is 9.50 Å². The summed E-state index contributed by atoms with van der Waals surface area (Å²) in [6.07, 6.45) is 4.36. The van der Waals surface area contributed by atoms with Crippen LogP contribution in [0.4, 0.5) is 4.39 Å². The topological polar surface area (TPSA) is 42.4 Å². The zero-order chi connectivity index (χ0) is 10.7. The van der Waals surface area contributed by atoms with Crippen LogP contribution < -0.4 is 0 Å². The van der Waals surface area contributed by atoms with Gasteiger partial charge in [0, 0.05) is 31.4 Å². The van der Waals surface area contributed by atoms with Gasteiger partial charge in [-0.2, -0.15) is 0 Å². The molecule has 2 heterocycles. The van der Waals surface area contributed by atoms with Crippen molar-refractivity contribution in [1.29, 1.82) is 0 Å². The van der Waals surface area contributed by atoms with Crippen LogP contribution in [0.2, 0.25) is 0 Å². The first-order valence-corrected chi connectivity index (χ1v) is 5.12. The normalized spacial score (nSPS) is 27.3. The van der Waals surface area contributed by atoms with Crippen molar-refractivity contribution in [3.05, 3.63) is 29.8 Å². The zero-order valence-corrected chi connectivity index (χ0v) is 8.45. The van der Waals surface area contributed by atoms with Gasteiger partial charge in [0.05, 0.1) is 11.8 Å². The minimum Gasteiger partial charge on any atom is -0.385 e. The number of hydrogen-bond donors (Lipinski definition) is 1. The monoisotopic (exact) mass is 211 g/mol. The molecule has 1 aromatic rings. The fourth-order valence-corrected chi connectivity index (χ4v) is 1.96. The van der Waals surface area contributed by atoms with Gasteiger partial charge >= 0.3 is 0 Å². The van der Waals surface area contributed by atoms with E-state index in [4.69, 9.17) is 4.74 Å². The third kappa shape index (κ3) is 2.16. The van der Waals surface area contributed by atoms with Gasteiger partial charge in [-0.25, -0.2) is 4.39 Å². The quantitative estimate of drug-likeness (QED) is 0.767. The van der Waals surface area contributed by atoms with Crippen molar-refractivity contribution in [2.75, 3.05) is 13.2 Å². The minimum atomic E-state index is -1.09. The third-order valence-corrected chi connectivity index (χ3v) is 2.81. The van der Waals surface area contributed by atoms with Crippen molar-refractivity contribution in [2.45, 2.75) is 24.9 Å². The number of ether oxygens (including phenoxy) is 1. The van der Waals surface area contributed by atoms with E-state index < -0.39 is 11.4 Å². The Labute approximate surface area is 87.9 Å². The molecule has 1 aliphatic rings. The van der Waals surface area contributed by atoms with Crippen LogP contribution in [0.25, 0.3) is 0 Å². The highest BCUT2D eigenvalue weighted by Gasteiger charge is 2.32. The Hall–Kier alpha value is -1.00. The predicted octanol–water partition coefficient (Wildman–Crippen LogP) is 1.61. The lowest BCUT2D eigenvalue weighted by molar-refractivity contribution is 0.0111. The van der Waals surface area contributed by atoms with E-state index in [1.54, 1.807) is 6.07 Å². The molecular formula is C11H14FNO2. The first-order chi connectivity index (χ1) is 7.22. The summed E-state index contributed by atoms with van der Waals surface area (Å²) in [7, 11) is 0. The Morgan fingerprint density at radius 1 is 1.40 bits per heavy atom. The van der Waals surface area contributed by atoms with E-state index in [1.165, 1.54) is 6.20 Å². The molecule has 0 aliphatic carbocycles. The van der Waals surface area contributed by atoms with Gasteiger partial charge in [-0.05, 0) is 18.9 Å². The lowest BCUT2D eigenvalue weighted by Gasteiger charge is -2.26. The highest BCUT2D eigenvalue weighted by Crippen LogP contribution is 2.33. The molecule has 0 spiro atoms. The lowest BCUT2D eigenvalue weighted by Crippen LogP contribution is -2.27. The highest BCUT2D eigenvalue weighted by atomic mass is 19.1. The number of aromatic nitrogens is 1. The van der Waals surface area contributed by atoms with Gasteiger partial charge in [-0.15, -0.1) is 0 Å². The molecule has 82 valence electrons. The number of pyridine rings is 1. The fraction of sp³-hybridized carbons (Fsp3) is 0.545. The molecule has 1 fully saturated rings. The van der Waals surface area contributed by atoms with Crippen LogP contribution in [0.1, 0.15) is 24.8 Å². The molecule has 1 aliphatic heterocycles. The summed E-state index contributed by atoms with van der Waals surface area (Å²) >= 11 is 0. The van der Waals surface area contributed by atoms with Crippen LogP contribution in [0.5, 0.6) is 0 Å². The Morgan fingerprint density at radius 3 is 3.07 bits per heavy atom. The number of aliphatic hydroxyl groups is 1. The highest BCUT2D eigenvalue weighted by molar-refractivity contribution is 5.21. The first kappa shape index (κ1) is 10.5. The number of halogens is 1. The van der Waals surface area contributed by atoms with Crippen LogP contribution >= 0.6 is 0 Å². The molecule has 1 aromatic heterocycles. The third-order valence-electron chi connectivity index (χ3n) is 2.81. The molecule has 4 heteroatoms. The molecule has 15 heavy (non-hydrogen) atoms. The van der Waals surface area contributed by atoms with E-state index in [0.717, 1.165) is 12.6 Å². The average Bonchev–Trinajstić information content (AvgIpc) is 2.44. The predicted molar refractivity (Wildman–Crippen MR) is 52.8 cm³/mol. The molecule has 0 amide bonds. The van der Waals surface area contributed by atoms with Crippen molar-refractivity contribution in [3.63, 3.8) is 0 Å². The van der Waals surface area contributed by atoms with Crippen LogP contribution in [-0.2, 0) is 10.3 Å². The maximum Gasteiger partial charge on any atom is 0.147 e. The average molecular weight is 211 g/mol. The fourth-order valence-electron chi connectivity index (χ4n) is 1.96. The summed E-state index contributed by atoms with van der Waals surface area (Å²) in [4.78, 5) is 3.68. The van der Waals surface area contributed by atoms with Crippen molar-refractivity contribution in [2.24, 2.45) is 0 Å². The Balaban J connectivity index is 2.30. The van der Waals surface area contributed by atoms with Gasteiger partial charge < -0.3 is 9.84 Å². The summed E-state index contributed by atoms with van der Waals surface area (Å²) in [5.74, 6) is -0.443. The molecule has 1 atom stereocenters. The van der Waals surface area contributed by atoms with Crippen molar-refractivity contribution < 1.29 is 14.2 Å². The van der Waals surface area contributed by atoms with E-state index in [1.807, 2.05) is 0 Å². The van der Waals surface area contributed by atoms with E-state index in [2.05, 4.69) is 4.98 Å². The molecule has 0 radical (unpaired) electrons. The molecule has 1 saturated heterocycles. The summed E-state index contributed by atoms with van der Waals surface area (Å²) in [5.41, 5.74) is -0.758. The second-order valence-electron chi connectivity index (χ2n) is 3.85. The van der Waals surface area contributed by atoms with Gasteiger partial charge in [-0.1, -0.05) is 0 Å². The van der Waals surface area contributed by atoms with Crippen LogP contribution in [-0.4, -0.2) is 23.3 Å². The van der Waals surface area contributed by atoms with Crippen molar-refractivity contribution in [1.82, 2.24) is 4.98 Å². The standard InChI is InChI=1S/C11H14FNO2/c12-10-8-13-5-2-9(10)11(14)3-1-6-15-7-4-11/h2,5,8,14H,1,3-4,6-7H2. The van der Waals surface area contributed by atoms with E-state index >= 15 is 0 Å².